The molecular formula is C18H22ClN2O+. The van der Waals surface area contributed by atoms with Gasteiger partial charge in [0.25, 0.3) is 5.91 Å². The summed E-state index contributed by atoms with van der Waals surface area (Å²) >= 11 is 5.88. The zero-order chi connectivity index (χ0) is 15.9. The molecule has 0 saturated carbocycles. The summed E-state index contributed by atoms with van der Waals surface area (Å²) in [6.07, 6.45) is 0. The highest BCUT2D eigenvalue weighted by molar-refractivity contribution is 6.30. The summed E-state index contributed by atoms with van der Waals surface area (Å²) in [6.45, 7) is 3.24. The van der Waals surface area contributed by atoms with Gasteiger partial charge in [0.1, 0.15) is 6.54 Å². The Kier molecular flexibility index (Phi) is 5.99. The van der Waals surface area contributed by atoms with Crippen molar-refractivity contribution in [2.45, 2.75) is 19.5 Å². The van der Waals surface area contributed by atoms with Gasteiger partial charge in [-0.05, 0) is 24.6 Å². The highest BCUT2D eigenvalue weighted by Crippen LogP contribution is 2.10. The second-order valence-corrected chi connectivity index (χ2v) is 6.07. The van der Waals surface area contributed by atoms with Crippen LogP contribution in [0.15, 0.2) is 54.6 Å². The molecule has 116 valence electrons. The van der Waals surface area contributed by atoms with E-state index in [-0.39, 0.29) is 11.9 Å². The second kappa shape index (κ2) is 7.97. The smallest absolute Gasteiger partial charge is 0.275 e. The summed E-state index contributed by atoms with van der Waals surface area (Å²) in [6, 6.07) is 17.8. The van der Waals surface area contributed by atoms with Crippen LogP contribution < -0.4 is 10.2 Å². The largest absolute Gasteiger partial charge is 0.345 e. The van der Waals surface area contributed by atoms with Crippen LogP contribution in [-0.2, 0) is 11.3 Å². The standard InChI is InChI=1S/C18H21ClN2O/c1-14(16-6-4-3-5-7-16)20-18(22)13-21(2)12-15-8-10-17(19)11-9-15/h3-11,14H,12-13H2,1-2H3,(H,20,22)/p+1/t14-/m0/s1. The predicted molar refractivity (Wildman–Crippen MR) is 89.9 cm³/mol. The van der Waals surface area contributed by atoms with Gasteiger partial charge in [0, 0.05) is 10.6 Å². The predicted octanol–water partition coefficient (Wildman–Crippen LogP) is 2.23. The molecular weight excluding hydrogens is 296 g/mol. The molecule has 2 rings (SSSR count). The van der Waals surface area contributed by atoms with Crippen molar-refractivity contribution in [2.75, 3.05) is 13.6 Å². The van der Waals surface area contributed by atoms with E-state index in [1.807, 2.05) is 68.6 Å². The molecule has 4 heteroatoms. The summed E-state index contributed by atoms with van der Waals surface area (Å²) in [7, 11) is 2.02. The summed E-state index contributed by atoms with van der Waals surface area (Å²) in [5.41, 5.74) is 2.29. The molecule has 0 fully saturated rings. The number of rotatable bonds is 6. The van der Waals surface area contributed by atoms with Gasteiger partial charge < -0.3 is 10.2 Å². The van der Waals surface area contributed by atoms with Gasteiger partial charge in [-0.1, -0.05) is 54.1 Å². The summed E-state index contributed by atoms with van der Waals surface area (Å²) < 4.78 is 0. The third-order valence-electron chi connectivity index (χ3n) is 3.56. The van der Waals surface area contributed by atoms with Crippen LogP contribution in [0.3, 0.4) is 0 Å². The van der Waals surface area contributed by atoms with Crippen molar-refractivity contribution in [2.24, 2.45) is 0 Å². The van der Waals surface area contributed by atoms with Crippen molar-refractivity contribution in [3.8, 4) is 0 Å². The Balaban J connectivity index is 1.82. The Morgan fingerprint density at radius 1 is 1.14 bits per heavy atom. The lowest BCUT2D eigenvalue weighted by molar-refractivity contribution is -0.885. The third-order valence-corrected chi connectivity index (χ3v) is 3.81. The maximum Gasteiger partial charge on any atom is 0.275 e. The van der Waals surface area contributed by atoms with E-state index in [9.17, 15) is 4.79 Å². The molecule has 3 nitrogen and oxygen atoms in total. The molecule has 1 amide bonds. The van der Waals surface area contributed by atoms with Crippen LogP contribution in [0, 0.1) is 0 Å². The fourth-order valence-electron chi connectivity index (χ4n) is 2.40. The molecule has 0 aromatic heterocycles. The molecule has 0 aliphatic heterocycles. The van der Waals surface area contributed by atoms with E-state index in [0.717, 1.165) is 22.0 Å². The van der Waals surface area contributed by atoms with Gasteiger partial charge in [0.05, 0.1) is 13.1 Å². The van der Waals surface area contributed by atoms with Crippen LogP contribution in [0.4, 0.5) is 0 Å². The lowest BCUT2D eigenvalue weighted by atomic mass is 10.1. The number of hydrogen-bond acceptors (Lipinski definition) is 1. The topological polar surface area (TPSA) is 33.5 Å². The average Bonchev–Trinajstić information content (AvgIpc) is 2.50. The van der Waals surface area contributed by atoms with Gasteiger partial charge in [0.2, 0.25) is 0 Å². The monoisotopic (exact) mass is 317 g/mol. The number of hydrogen-bond donors (Lipinski definition) is 2. The van der Waals surface area contributed by atoms with Crippen LogP contribution in [0.25, 0.3) is 0 Å². The fourth-order valence-corrected chi connectivity index (χ4v) is 2.53. The van der Waals surface area contributed by atoms with Crippen molar-refractivity contribution in [3.63, 3.8) is 0 Å². The molecule has 1 unspecified atom stereocenters. The Morgan fingerprint density at radius 3 is 2.41 bits per heavy atom. The molecule has 0 saturated heterocycles. The van der Waals surface area contributed by atoms with Gasteiger partial charge in [0.15, 0.2) is 6.54 Å². The van der Waals surface area contributed by atoms with E-state index in [4.69, 9.17) is 11.6 Å². The highest BCUT2D eigenvalue weighted by atomic mass is 35.5. The molecule has 0 spiro atoms. The first-order chi connectivity index (χ1) is 10.5. The average molecular weight is 318 g/mol. The van der Waals surface area contributed by atoms with Crippen molar-refractivity contribution >= 4 is 17.5 Å². The van der Waals surface area contributed by atoms with Crippen LogP contribution in [-0.4, -0.2) is 19.5 Å². The van der Waals surface area contributed by atoms with Crippen molar-refractivity contribution in [1.82, 2.24) is 5.32 Å². The van der Waals surface area contributed by atoms with E-state index in [1.54, 1.807) is 0 Å². The fraction of sp³-hybridized carbons (Fsp3) is 0.278. The maximum atomic E-state index is 12.1. The Bertz CT molecular complexity index is 598. The molecule has 2 N–H and O–H groups in total. The first-order valence-corrected chi connectivity index (χ1v) is 7.82. The molecule has 2 aromatic rings. The summed E-state index contributed by atoms with van der Waals surface area (Å²) in [5, 5.41) is 3.77. The quantitative estimate of drug-likeness (QED) is 0.841. The number of carbonyl (C=O) groups excluding carboxylic acids is 1. The van der Waals surface area contributed by atoms with Crippen molar-refractivity contribution in [1.29, 1.82) is 0 Å². The molecule has 0 aliphatic carbocycles. The number of likely N-dealkylation sites (N-methyl/N-ethyl adjacent to an activating group) is 1. The van der Waals surface area contributed by atoms with Gasteiger partial charge >= 0.3 is 0 Å². The van der Waals surface area contributed by atoms with Crippen LogP contribution in [0.1, 0.15) is 24.1 Å². The summed E-state index contributed by atoms with van der Waals surface area (Å²) in [5.74, 6) is 0.0582. The van der Waals surface area contributed by atoms with Crippen LogP contribution >= 0.6 is 11.6 Å². The minimum atomic E-state index is 0.0250. The van der Waals surface area contributed by atoms with E-state index in [2.05, 4.69) is 5.32 Å². The van der Waals surface area contributed by atoms with Gasteiger partial charge in [-0.25, -0.2) is 0 Å². The molecule has 0 bridgehead atoms. The van der Waals surface area contributed by atoms with Gasteiger partial charge in [-0.3, -0.25) is 4.79 Å². The molecule has 22 heavy (non-hydrogen) atoms. The van der Waals surface area contributed by atoms with Crippen molar-refractivity contribution < 1.29 is 9.69 Å². The SMILES string of the molecule is C[C@H](NC(=O)C[NH+](C)Cc1ccc(Cl)cc1)c1ccccc1. The zero-order valence-electron chi connectivity index (χ0n) is 13.0. The van der Waals surface area contributed by atoms with Crippen LogP contribution in [0.2, 0.25) is 5.02 Å². The first kappa shape index (κ1) is 16.5. The maximum absolute atomic E-state index is 12.1. The van der Waals surface area contributed by atoms with Crippen LogP contribution in [0.5, 0.6) is 0 Å². The minimum absolute atomic E-state index is 0.0250. The lowest BCUT2D eigenvalue weighted by Gasteiger charge is -2.17. The lowest BCUT2D eigenvalue weighted by Crippen LogP contribution is -3.08. The first-order valence-electron chi connectivity index (χ1n) is 7.44. The Hall–Kier alpha value is -1.84. The van der Waals surface area contributed by atoms with Crippen molar-refractivity contribution in [3.05, 3.63) is 70.7 Å². The Labute approximate surface area is 136 Å². The zero-order valence-corrected chi connectivity index (χ0v) is 13.7. The number of carbonyl (C=O) groups is 1. The number of amides is 1. The molecule has 2 aromatic carbocycles. The van der Waals surface area contributed by atoms with E-state index in [0.29, 0.717) is 6.54 Å². The van der Waals surface area contributed by atoms with E-state index < -0.39 is 0 Å². The second-order valence-electron chi connectivity index (χ2n) is 5.64. The Morgan fingerprint density at radius 2 is 1.77 bits per heavy atom. The number of benzene rings is 2. The number of nitrogens with one attached hydrogen (secondary N) is 2. The molecule has 0 heterocycles. The van der Waals surface area contributed by atoms with Gasteiger partial charge in [-0.15, -0.1) is 0 Å². The molecule has 2 atom stereocenters. The normalized spacial score (nSPS) is 13.4. The van der Waals surface area contributed by atoms with E-state index >= 15 is 0 Å². The number of halogens is 1. The number of quaternary nitrogens is 1. The summed E-state index contributed by atoms with van der Waals surface area (Å²) in [4.78, 5) is 13.3. The van der Waals surface area contributed by atoms with E-state index in [1.165, 1.54) is 5.56 Å². The molecule has 0 aliphatic rings. The third kappa shape index (κ3) is 5.17. The minimum Gasteiger partial charge on any atom is -0.345 e. The highest BCUT2D eigenvalue weighted by Gasteiger charge is 2.14. The molecule has 0 radical (unpaired) electrons. The van der Waals surface area contributed by atoms with Gasteiger partial charge in [-0.2, -0.15) is 0 Å².